The van der Waals surface area contributed by atoms with Crippen molar-refractivity contribution in [3.05, 3.63) is 25.0 Å². The maximum absolute atomic E-state index is 5.68. The highest BCUT2D eigenvalue weighted by Crippen LogP contribution is 2.22. The molecule has 2 nitrogen and oxygen atoms in total. The molecular formula is C12H20O2. The SMILES string of the molecule is C=CO[C@@H]1CCCO[C@H]1CCC(=C)C. The second-order valence-corrected chi connectivity index (χ2v) is 3.89. The van der Waals surface area contributed by atoms with Gasteiger partial charge < -0.3 is 9.47 Å². The van der Waals surface area contributed by atoms with E-state index in [0.717, 1.165) is 32.3 Å². The van der Waals surface area contributed by atoms with Crippen molar-refractivity contribution < 1.29 is 9.47 Å². The molecule has 0 N–H and O–H groups in total. The average Bonchev–Trinajstić information content (AvgIpc) is 2.17. The molecule has 0 aromatic heterocycles. The third-order valence-corrected chi connectivity index (χ3v) is 2.51. The summed E-state index contributed by atoms with van der Waals surface area (Å²) in [5.41, 5.74) is 1.21. The van der Waals surface area contributed by atoms with Gasteiger partial charge in [-0.05, 0) is 32.6 Å². The first-order chi connectivity index (χ1) is 6.74. The highest BCUT2D eigenvalue weighted by Gasteiger charge is 2.26. The lowest BCUT2D eigenvalue weighted by Crippen LogP contribution is -2.35. The Kier molecular flexibility index (Phi) is 4.74. The van der Waals surface area contributed by atoms with Crippen LogP contribution in [-0.4, -0.2) is 18.8 Å². The summed E-state index contributed by atoms with van der Waals surface area (Å²) in [6, 6.07) is 0. The molecule has 2 atom stereocenters. The number of rotatable bonds is 5. The molecule has 1 rings (SSSR count). The van der Waals surface area contributed by atoms with Gasteiger partial charge in [0.2, 0.25) is 0 Å². The maximum Gasteiger partial charge on any atom is 0.124 e. The average molecular weight is 196 g/mol. The van der Waals surface area contributed by atoms with Gasteiger partial charge in [0.1, 0.15) is 6.10 Å². The molecule has 1 aliphatic heterocycles. The largest absolute Gasteiger partial charge is 0.496 e. The molecule has 0 aromatic rings. The minimum atomic E-state index is 0.195. The summed E-state index contributed by atoms with van der Waals surface area (Å²) in [5, 5.41) is 0. The summed E-state index contributed by atoms with van der Waals surface area (Å²) in [6.07, 6.45) is 6.12. The van der Waals surface area contributed by atoms with Crippen molar-refractivity contribution in [3.63, 3.8) is 0 Å². The fourth-order valence-corrected chi connectivity index (χ4v) is 1.75. The van der Waals surface area contributed by atoms with Crippen LogP contribution in [0.15, 0.2) is 25.0 Å². The zero-order valence-electron chi connectivity index (χ0n) is 9.00. The second-order valence-electron chi connectivity index (χ2n) is 3.89. The number of hydrogen-bond acceptors (Lipinski definition) is 2. The highest BCUT2D eigenvalue weighted by atomic mass is 16.5. The van der Waals surface area contributed by atoms with Crippen LogP contribution in [-0.2, 0) is 9.47 Å². The van der Waals surface area contributed by atoms with Crippen molar-refractivity contribution in [3.8, 4) is 0 Å². The summed E-state index contributed by atoms with van der Waals surface area (Å²) in [5.74, 6) is 0. The van der Waals surface area contributed by atoms with E-state index in [9.17, 15) is 0 Å². The Labute approximate surface area is 86.6 Å². The lowest BCUT2D eigenvalue weighted by Gasteiger charge is -2.31. The third kappa shape index (κ3) is 3.54. The lowest BCUT2D eigenvalue weighted by molar-refractivity contribution is -0.0811. The van der Waals surface area contributed by atoms with E-state index in [2.05, 4.69) is 13.2 Å². The summed E-state index contributed by atoms with van der Waals surface area (Å²) >= 11 is 0. The van der Waals surface area contributed by atoms with Crippen LogP contribution in [0.25, 0.3) is 0 Å². The molecule has 0 spiro atoms. The molecule has 1 heterocycles. The lowest BCUT2D eigenvalue weighted by atomic mass is 9.99. The van der Waals surface area contributed by atoms with E-state index in [1.807, 2.05) is 6.92 Å². The zero-order valence-corrected chi connectivity index (χ0v) is 9.00. The Balaban J connectivity index is 2.37. The Hall–Kier alpha value is -0.760. The second kappa shape index (κ2) is 5.86. The standard InChI is InChI=1S/C12H20O2/c1-4-13-11-6-5-9-14-12(11)8-7-10(2)3/h4,11-12H,1-2,5-9H2,3H3/t11-,12+/m1/s1. The van der Waals surface area contributed by atoms with Crippen molar-refractivity contribution in [2.75, 3.05) is 6.61 Å². The summed E-state index contributed by atoms with van der Waals surface area (Å²) in [4.78, 5) is 0. The molecule has 0 saturated carbocycles. The van der Waals surface area contributed by atoms with Crippen LogP contribution >= 0.6 is 0 Å². The topological polar surface area (TPSA) is 18.5 Å². The molecule has 1 saturated heterocycles. The van der Waals surface area contributed by atoms with Crippen molar-refractivity contribution in [2.45, 2.75) is 44.8 Å². The molecule has 0 unspecified atom stereocenters. The van der Waals surface area contributed by atoms with Gasteiger partial charge >= 0.3 is 0 Å². The normalized spacial score (nSPS) is 26.9. The molecule has 80 valence electrons. The van der Waals surface area contributed by atoms with Gasteiger partial charge in [0, 0.05) is 6.61 Å². The van der Waals surface area contributed by atoms with Crippen LogP contribution in [0.4, 0.5) is 0 Å². The molecular weight excluding hydrogens is 176 g/mol. The molecule has 0 bridgehead atoms. The third-order valence-electron chi connectivity index (χ3n) is 2.51. The molecule has 2 heteroatoms. The predicted molar refractivity (Wildman–Crippen MR) is 58.1 cm³/mol. The van der Waals surface area contributed by atoms with E-state index in [-0.39, 0.29) is 12.2 Å². The van der Waals surface area contributed by atoms with E-state index >= 15 is 0 Å². The summed E-state index contributed by atoms with van der Waals surface area (Å²) < 4.78 is 11.1. The van der Waals surface area contributed by atoms with Gasteiger partial charge in [-0.25, -0.2) is 0 Å². The summed E-state index contributed by atoms with van der Waals surface area (Å²) in [7, 11) is 0. The molecule has 1 aliphatic rings. The number of hydrogen-bond donors (Lipinski definition) is 0. The summed E-state index contributed by atoms with van der Waals surface area (Å²) in [6.45, 7) is 10.4. The monoisotopic (exact) mass is 196 g/mol. The molecule has 0 aliphatic carbocycles. The Bertz CT molecular complexity index is 198. The first-order valence-corrected chi connectivity index (χ1v) is 5.26. The fraction of sp³-hybridized carbons (Fsp3) is 0.667. The van der Waals surface area contributed by atoms with E-state index in [1.165, 1.54) is 11.8 Å². The van der Waals surface area contributed by atoms with Crippen LogP contribution in [0.1, 0.15) is 32.6 Å². The Morgan fingerprint density at radius 3 is 3.07 bits per heavy atom. The van der Waals surface area contributed by atoms with Crippen LogP contribution in [0.5, 0.6) is 0 Å². The first kappa shape index (κ1) is 11.3. The van der Waals surface area contributed by atoms with Crippen LogP contribution in [0.2, 0.25) is 0 Å². The Morgan fingerprint density at radius 2 is 2.43 bits per heavy atom. The predicted octanol–water partition coefficient (Wildman–Crippen LogP) is 3.05. The van der Waals surface area contributed by atoms with Gasteiger partial charge in [0.05, 0.1) is 12.4 Å². The fourth-order valence-electron chi connectivity index (χ4n) is 1.75. The smallest absolute Gasteiger partial charge is 0.124 e. The first-order valence-electron chi connectivity index (χ1n) is 5.26. The van der Waals surface area contributed by atoms with Gasteiger partial charge in [0.25, 0.3) is 0 Å². The highest BCUT2D eigenvalue weighted by molar-refractivity contribution is 4.90. The van der Waals surface area contributed by atoms with Crippen molar-refractivity contribution >= 4 is 0 Å². The zero-order chi connectivity index (χ0) is 10.4. The maximum atomic E-state index is 5.68. The van der Waals surface area contributed by atoms with Gasteiger partial charge in [-0.3, -0.25) is 0 Å². The van der Waals surface area contributed by atoms with E-state index < -0.39 is 0 Å². The van der Waals surface area contributed by atoms with E-state index in [4.69, 9.17) is 9.47 Å². The van der Waals surface area contributed by atoms with Gasteiger partial charge in [-0.2, -0.15) is 0 Å². The van der Waals surface area contributed by atoms with Gasteiger partial charge in [-0.15, -0.1) is 6.58 Å². The van der Waals surface area contributed by atoms with Crippen LogP contribution < -0.4 is 0 Å². The van der Waals surface area contributed by atoms with Crippen molar-refractivity contribution in [2.24, 2.45) is 0 Å². The van der Waals surface area contributed by atoms with Crippen LogP contribution in [0, 0.1) is 0 Å². The number of allylic oxidation sites excluding steroid dienone is 1. The minimum absolute atomic E-state index is 0.195. The number of ether oxygens (including phenoxy) is 2. The molecule has 0 aromatic carbocycles. The quantitative estimate of drug-likeness (QED) is 0.497. The molecule has 1 fully saturated rings. The van der Waals surface area contributed by atoms with Crippen LogP contribution in [0.3, 0.4) is 0 Å². The molecule has 0 radical (unpaired) electrons. The van der Waals surface area contributed by atoms with Gasteiger partial charge in [-0.1, -0.05) is 12.2 Å². The van der Waals surface area contributed by atoms with Crippen molar-refractivity contribution in [1.82, 2.24) is 0 Å². The molecule has 14 heavy (non-hydrogen) atoms. The minimum Gasteiger partial charge on any atom is -0.496 e. The Morgan fingerprint density at radius 1 is 1.64 bits per heavy atom. The van der Waals surface area contributed by atoms with Gasteiger partial charge in [0.15, 0.2) is 0 Å². The molecule has 0 amide bonds. The van der Waals surface area contributed by atoms with E-state index in [0.29, 0.717) is 0 Å². The van der Waals surface area contributed by atoms with E-state index in [1.54, 1.807) is 0 Å². The van der Waals surface area contributed by atoms with Crippen molar-refractivity contribution in [1.29, 1.82) is 0 Å².